The number of carbonyl (C=O) groups excluding carboxylic acids is 1. The maximum atomic E-state index is 12.2. The molecule has 0 bridgehead atoms. The van der Waals surface area contributed by atoms with E-state index in [0.717, 1.165) is 32.5 Å². The Kier molecular flexibility index (Phi) is 5.47. The highest BCUT2D eigenvalue weighted by Crippen LogP contribution is 2.34. The van der Waals surface area contributed by atoms with Gasteiger partial charge in [0.2, 0.25) is 5.91 Å². The summed E-state index contributed by atoms with van der Waals surface area (Å²) in [5, 5.41) is 5.22. The summed E-state index contributed by atoms with van der Waals surface area (Å²) in [6, 6.07) is 14.6. The van der Waals surface area contributed by atoms with Gasteiger partial charge in [-0.05, 0) is 36.3 Å². The maximum absolute atomic E-state index is 12.2. The molecule has 3 nitrogen and oxygen atoms in total. The first-order chi connectivity index (χ1) is 11.3. The number of rotatable bonds is 6. The van der Waals surface area contributed by atoms with E-state index in [2.05, 4.69) is 41.0 Å². The Morgan fingerprint density at radius 1 is 1.13 bits per heavy atom. The molecule has 23 heavy (non-hydrogen) atoms. The third kappa shape index (κ3) is 4.21. The summed E-state index contributed by atoms with van der Waals surface area (Å²) in [6.45, 7) is 2.23. The van der Waals surface area contributed by atoms with Gasteiger partial charge in [-0.1, -0.05) is 36.4 Å². The van der Waals surface area contributed by atoms with E-state index in [1.54, 1.807) is 11.3 Å². The SMILES string of the molecule is O=C(CCc1cccs1)NCC1(c2ccccc2)CCOCC1. The zero-order valence-electron chi connectivity index (χ0n) is 13.3. The van der Waals surface area contributed by atoms with E-state index in [0.29, 0.717) is 13.0 Å². The number of hydrogen-bond acceptors (Lipinski definition) is 3. The van der Waals surface area contributed by atoms with Gasteiger partial charge in [-0.15, -0.1) is 11.3 Å². The van der Waals surface area contributed by atoms with Crippen LogP contribution < -0.4 is 5.32 Å². The van der Waals surface area contributed by atoms with Gasteiger partial charge in [-0.25, -0.2) is 0 Å². The molecular formula is C19H23NO2S. The summed E-state index contributed by atoms with van der Waals surface area (Å²) in [7, 11) is 0. The number of carbonyl (C=O) groups is 1. The van der Waals surface area contributed by atoms with E-state index < -0.39 is 0 Å². The highest BCUT2D eigenvalue weighted by Gasteiger charge is 2.34. The molecule has 0 radical (unpaired) electrons. The normalized spacial score (nSPS) is 16.9. The van der Waals surface area contributed by atoms with Gasteiger partial charge in [-0.2, -0.15) is 0 Å². The van der Waals surface area contributed by atoms with Crippen LogP contribution >= 0.6 is 11.3 Å². The summed E-state index contributed by atoms with van der Waals surface area (Å²) >= 11 is 1.71. The highest BCUT2D eigenvalue weighted by atomic mass is 32.1. The van der Waals surface area contributed by atoms with E-state index in [-0.39, 0.29) is 11.3 Å². The molecule has 1 aromatic carbocycles. The van der Waals surface area contributed by atoms with Crippen LogP contribution in [0.1, 0.15) is 29.7 Å². The van der Waals surface area contributed by atoms with Crippen molar-refractivity contribution >= 4 is 17.2 Å². The lowest BCUT2D eigenvalue weighted by Crippen LogP contribution is -2.44. The lowest BCUT2D eigenvalue weighted by Gasteiger charge is -2.38. The average molecular weight is 329 g/mol. The highest BCUT2D eigenvalue weighted by molar-refractivity contribution is 7.09. The molecule has 1 aliphatic heterocycles. The van der Waals surface area contributed by atoms with Crippen LogP contribution in [0, 0.1) is 0 Å². The number of thiophene rings is 1. The van der Waals surface area contributed by atoms with Crippen molar-refractivity contribution in [3.8, 4) is 0 Å². The Morgan fingerprint density at radius 3 is 2.61 bits per heavy atom. The first-order valence-electron chi connectivity index (χ1n) is 8.21. The number of ether oxygens (including phenoxy) is 1. The molecule has 3 rings (SSSR count). The molecule has 4 heteroatoms. The van der Waals surface area contributed by atoms with Crippen molar-refractivity contribution in [2.24, 2.45) is 0 Å². The fraction of sp³-hybridized carbons (Fsp3) is 0.421. The Labute approximate surface area is 141 Å². The standard InChI is InChI=1S/C19H23NO2S/c21-18(9-8-17-7-4-14-23-17)20-15-19(10-12-22-13-11-19)16-5-2-1-3-6-16/h1-7,14H,8-13,15H2,(H,20,21). The number of benzene rings is 1. The van der Waals surface area contributed by atoms with Gasteiger partial charge in [-0.3, -0.25) is 4.79 Å². The third-order valence-corrected chi connectivity index (χ3v) is 5.57. The van der Waals surface area contributed by atoms with E-state index in [1.807, 2.05) is 12.1 Å². The second-order valence-corrected chi connectivity index (χ2v) is 7.15. The smallest absolute Gasteiger partial charge is 0.220 e. The lowest BCUT2D eigenvalue weighted by molar-refractivity contribution is -0.121. The van der Waals surface area contributed by atoms with Crippen LogP contribution in [0.25, 0.3) is 0 Å². The van der Waals surface area contributed by atoms with E-state index in [9.17, 15) is 4.79 Å². The minimum absolute atomic E-state index is 0.0120. The van der Waals surface area contributed by atoms with Gasteiger partial charge in [0.05, 0.1) is 0 Å². The largest absolute Gasteiger partial charge is 0.381 e. The summed E-state index contributed by atoms with van der Waals surface area (Å²) < 4.78 is 5.54. The molecule has 0 aliphatic carbocycles. The molecule has 2 aromatic rings. The fourth-order valence-electron chi connectivity index (χ4n) is 3.17. The molecule has 0 unspecified atom stereocenters. The zero-order valence-corrected chi connectivity index (χ0v) is 14.1. The molecule has 1 aromatic heterocycles. The second kappa shape index (κ2) is 7.75. The summed E-state index contributed by atoms with van der Waals surface area (Å²) in [5.41, 5.74) is 1.32. The van der Waals surface area contributed by atoms with Crippen molar-refractivity contribution in [2.45, 2.75) is 31.1 Å². The second-order valence-electron chi connectivity index (χ2n) is 6.11. The van der Waals surface area contributed by atoms with Crippen molar-refractivity contribution in [3.05, 3.63) is 58.3 Å². The molecule has 1 aliphatic rings. The quantitative estimate of drug-likeness (QED) is 0.880. The molecule has 0 saturated carbocycles. The van der Waals surface area contributed by atoms with Crippen LogP contribution in [0.15, 0.2) is 47.8 Å². The van der Waals surface area contributed by atoms with Crippen molar-refractivity contribution < 1.29 is 9.53 Å². The van der Waals surface area contributed by atoms with Crippen LogP contribution in [0.4, 0.5) is 0 Å². The van der Waals surface area contributed by atoms with Crippen molar-refractivity contribution in [3.63, 3.8) is 0 Å². The van der Waals surface area contributed by atoms with E-state index >= 15 is 0 Å². The molecule has 122 valence electrons. The zero-order chi connectivity index (χ0) is 16.0. The first kappa shape index (κ1) is 16.2. The van der Waals surface area contributed by atoms with Crippen LogP contribution in [-0.4, -0.2) is 25.7 Å². The summed E-state index contributed by atoms with van der Waals surface area (Å²) in [6.07, 6.45) is 3.30. The fourth-order valence-corrected chi connectivity index (χ4v) is 3.88. The molecule has 0 atom stereocenters. The van der Waals surface area contributed by atoms with Gasteiger partial charge in [0.15, 0.2) is 0 Å². The van der Waals surface area contributed by atoms with Gasteiger partial charge in [0.25, 0.3) is 0 Å². The van der Waals surface area contributed by atoms with E-state index in [4.69, 9.17) is 4.74 Å². The molecule has 1 saturated heterocycles. The Balaban J connectivity index is 1.59. The van der Waals surface area contributed by atoms with E-state index in [1.165, 1.54) is 10.4 Å². The van der Waals surface area contributed by atoms with Crippen molar-refractivity contribution in [1.29, 1.82) is 0 Å². The molecule has 1 N–H and O–H groups in total. The number of amides is 1. The van der Waals surface area contributed by atoms with Gasteiger partial charge in [0.1, 0.15) is 0 Å². The number of nitrogens with one attached hydrogen (secondary N) is 1. The van der Waals surface area contributed by atoms with Gasteiger partial charge in [0, 0.05) is 36.5 Å². The van der Waals surface area contributed by atoms with Crippen LogP contribution in [0.3, 0.4) is 0 Å². The molecule has 0 spiro atoms. The Bertz CT molecular complexity index is 604. The molecule has 2 heterocycles. The third-order valence-electron chi connectivity index (χ3n) is 4.64. The number of aryl methyl sites for hydroxylation is 1. The lowest BCUT2D eigenvalue weighted by atomic mass is 9.74. The van der Waals surface area contributed by atoms with Crippen molar-refractivity contribution in [2.75, 3.05) is 19.8 Å². The first-order valence-corrected chi connectivity index (χ1v) is 9.09. The summed E-state index contributed by atoms with van der Waals surface area (Å²) in [4.78, 5) is 13.5. The minimum atomic E-state index is 0.0120. The number of hydrogen-bond donors (Lipinski definition) is 1. The maximum Gasteiger partial charge on any atom is 0.220 e. The van der Waals surface area contributed by atoms with Crippen LogP contribution in [0.2, 0.25) is 0 Å². The molecule has 1 fully saturated rings. The van der Waals surface area contributed by atoms with Crippen LogP contribution in [0.5, 0.6) is 0 Å². The van der Waals surface area contributed by atoms with Crippen LogP contribution in [-0.2, 0) is 21.4 Å². The van der Waals surface area contributed by atoms with Crippen molar-refractivity contribution in [1.82, 2.24) is 5.32 Å². The topological polar surface area (TPSA) is 38.3 Å². The predicted molar refractivity (Wildman–Crippen MR) is 93.8 cm³/mol. The minimum Gasteiger partial charge on any atom is -0.381 e. The monoisotopic (exact) mass is 329 g/mol. The van der Waals surface area contributed by atoms with Gasteiger partial charge >= 0.3 is 0 Å². The molecule has 1 amide bonds. The van der Waals surface area contributed by atoms with Gasteiger partial charge < -0.3 is 10.1 Å². The average Bonchev–Trinajstić information content (AvgIpc) is 3.13. The Morgan fingerprint density at radius 2 is 1.91 bits per heavy atom. The summed E-state index contributed by atoms with van der Waals surface area (Å²) in [5.74, 6) is 0.139. The Hall–Kier alpha value is -1.65. The molecular weight excluding hydrogens is 306 g/mol. The predicted octanol–water partition coefficient (Wildman–Crippen LogP) is 3.55.